The fourth-order valence-corrected chi connectivity index (χ4v) is 0. The molecule has 0 aliphatic carbocycles. The van der Waals surface area contributed by atoms with Crippen LogP contribution in [0.15, 0.2) is 0 Å². The molecule has 0 heterocycles. The first-order chi connectivity index (χ1) is 2.45. The zero-order valence-electron chi connectivity index (χ0n) is 4.58. The molecule has 54 valence electrons. The second-order valence-electron chi connectivity index (χ2n) is 0.678. The Hall–Kier alpha value is 5.70. The Balaban J connectivity index is -0.000000180. The number of halogens is 6. The van der Waals surface area contributed by atoms with E-state index in [1.165, 1.54) is 0 Å². The van der Waals surface area contributed by atoms with E-state index in [9.17, 15) is 0 Å². The van der Waals surface area contributed by atoms with Gasteiger partial charge in [-0.05, 0) is 0 Å². The third kappa shape index (κ3) is 57.7. The molecule has 0 aromatic heterocycles. The molecule has 0 aliphatic heterocycles. The molecule has 0 saturated carbocycles. The standard InChI is InChI=1S/6ClH.2K.Pt/h6*1H;;;/q;;;;;;;;+6/p-6. The molecule has 0 amide bonds. The van der Waals surface area contributed by atoms with E-state index in [0.717, 1.165) is 0 Å². The van der Waals surface area contributed by atoms with Crippen molar-refractivity contribution in [1.82, 2.24) is 0 Å². The summed E-state index contributed by atoms with van der Waals surface area (Å²) in [4.78, 5) is 0. The van der Waals surface area contributed by atoms with Crippen LogP contribution in [-0.4, -0.2) is 103 Å². The summed E-state index contributed by atoms with van der Waals surface area (Å²) in [7, 11) is 25.0. The number of hydrogen-bond acceptors (Lipinski definition) is 0. The zero-order chi connectivity index (χ0) is 6.41. The van der Waals surface area contributed by atoms with Gasteiger partial charge in [-0.25, -0.2) is 0 Å². The molecule has 0 nitrogen and oxygen atoms in total. The second kappa shape index (κ2) is 5.16. The Morgan fingerprint density at radius 2 is 0.556 bits per heavy atom. The molecule has 0 spiro atoms. The van der Waals surface area contributed by atoms with Crippen molar-refractivity contribution in [2.24, 2.45) is 0 Å². The fourth-order valence-electron chi connectivity index (χ4n) is 0. The fraction of sp³-hybridized carbons (Fsp3) is 0. The summed E-state index contributed by atoms with van der Waals surface area (Å²) in [5.41, 5.74) is 0. The van der Waals surface area contributed by atoms with E-state index in [2.05, 4.69) is 0 Å². The van der Waals surface area contributed by atoms with Gasteiger partial charge in [0, 0.05) is 103 Å². The van der Waals surface area contributed by atoms with E-state index in [1.54, 1.807) is 0 Å². The Bertz CT molecular complexity index is 69.6. The second-order valence-corrected chi connectivity index (χ2v) is 49.9. The van der Waals surface area contributed by atoms with Crippen LogP contribution in [0, 0.1) is 0 Å². The van der Waals surface area contributed by atoms with Gasteiger partial charge in [-0.3, -0.25) is 0 Å². The van der Waals surface area contributed by atoms with Crippen molar-refractivity contribution in [3.8, 4) is 0 Å². The minimum atomic E-state index is -5.29. The molecular weight excluding hydrogens is 486 g/mol. The molecule has 2 radical (unpaired) electrons. The molecule has 9 heavy (non-hydrogen) atoms. The smallest absolute Gasteiger partial charge is 0 e. The molecule has 0 atom stereocenters. The molecule has 0 saturated heterocycles. The topological polar surface area (TPSA) is 0 Å². The molecule has 0 N–H and O–H groups in total. The Kier molecular flexibility index (Phi) is 11.6. The van der Waals surface area contributed by atoms with Crippen LogP contribution < -0.4 is 0 Å². The molecule has 0 fully saturated rings. The van der Waals surface area contributed by atoms with E-state index < -0.39 is 7.31 Å². The van der Waals surface area contributed by atoms with Crippen LogP contribution in [0.1, 0.15) is 0 Å². The van der Waals surface area contributed by atoms with Crippen molar-refractivity contribution in [1.29, 1.82) is 0 Å². The van der Waals surface area contributed by atoms with Gasteiger partial charge in [0.15, 0.2) is 0 Å². The Morgan fingerprint density at radius 3 is 0.556 bits per heavy atom. The van der Waals surface area contributed by atoms with E-state index >= 15 is 0 Å². The van der Waals surface area contributed by atoms with Crippen LogP contribution in [0.4, 0.5) is 0 Å². The predicted octanol–water partition coefficient (Wildman–Crippen LogP) is 3.37. The zero-order valence-corrected chi connectivity index (χ0v) is 17.6. The summed E-state index contributed by atoms with van der Waals surface area (Å²) < 4.78 is 0. The summed E-state index contributed by atoms with van der Waals surface area (Å²) in [6.07, 6.45) is 0. The van der Waals surface area contributed by atoms with Crippen molar-refractivity contribution in [2.45, 2.75) is 0 Å². The number of rotatable bonds is 0. The summed E-state index contributed by atoms with van der Waals surface area (Å²) in [6.45, 7) is 0. The van der Waals surface area contributed by atoms with Crippen molar-refractivity contribution in [3.05, 3.63) is 0 Å². The van der Waals surface area contributed by atoms with Gasteiger partial charge in [-0.1, -0.05) is 0 Å². The Labute approximate surface area is 161 Å². The van der Waals surface area contributed by atoms with Gasteiger partial charge in [0.2, 0.25) is 0 Å². The maximum atomic E-state index is 5.05. The van der Waals surface area contributed by atoms with E-state index in [-0.39, 0.29) is 103 Å². The molecule has 0 aromatic carbocycles. The molecule has 0 unspecified atom stereocenters. The van der Waals surface area contributed by atoms with Crippen LogP contribution in [0.3, 0.4) is 0 Å². The monoisotopic (exact) mass is 483 g/mol. The maximum absolute atomic E-state index is 5.29. The van der Waals surface area contributed by atoms with Gasteiger partial charge in [-0.15, -0.1) is 0 Å². The van der Waals surface area contributed by atoms with Gasteiger partial charge in [0.05, 0.1) is 0 Å². The van der Waals surface area contributed by atoms with Crippen LogP contribution in [-0.2, 0) is 7.31 Å². The minimum Gasteiger partial charge on any atom is 0 e. The normalized spacial score (nSPS) is 18.0. The third-order valence-electron chi connectivity index (χ3n) is 0. The van der Waals surface area contributed by atoms with Crippen molar-refractivity contribution >= 4 is 159 Å². The van der Waals surface area contributed by atoms with Crippen LogP contribution in [0.25, 0.3) is 0 Å². The first-order valence-electron chi connectivity index (χ1n) is 0.717. The quantitative estimate of drug-likeness (QED) is 0.462. The molecule has 0 aromatic rings. The summed E-state index contributed by atoms with van der Waals surface area (Å²) in [5, 5.41) is 0. The Morgan fingerprint density at radius 1 is 0.556 bits per heavy atom. The van der Waals surface area contributed by atoms with Crippen molar-refractivity contribution in [2.75, 3.05) is 0 Å². The van der Waals surface area contributed by atoms with Crippen LogP contribution in [0.2, 0.25) is 0 Å². The number of hydrogen-bond donors (Lipinski definition) is 0. The predicted molar refractivity (Wildman–Crippen MR) is 46.6 cm³/mol. The minimum absolute atomic E-state index is 0. The SMILES string of the molecule is [Cl][Pt]([Cl])([Cl])([Cl])([Cl])[Cl].[K].[K]. The first-order valence-corrected chi connectivity index (χ1v) is 17.6. The average molecular weight is 486 g/mol. The summed E-state index contributed by atoms with van der Waals surface area (Å²) in [6, 6.07) is 0. The summed E-state index contributed by atoms with van der Waals surface area (Å²) in [5.74, 6) is 0. The van der Waals surface area contributed by atoms with E-state index in [4.69, 9.17) is 56.5 Å². The third-order valence-corrected chi connectivity index (χ3v) is 0. The van der Waals surface area contributed by atoms with Crippen LogP contribution in [0.5, 0.6) is 0 Å². The first kappa shape index (κ1) is 20.2. The van der Waals surface area contributed by atoms with Gasteiger partial charge < -0.3 is 0 Å². The van der Waals surface area contributed by atoms with Crippen LogP contribution >= 0.6 is 56.5 Å². The molecular formula is Cl6K2Pt. The van der Waals surface area contributed by atoms with Gasteiger partial charge >= 0.3 is 63.8 Å². The molecule has 9 heteroatoms. The van der Waals surface area contributed by atoms with E-state index in [0.29, 0.717) is 0 Å². The summed E-state index contributed by atoms with van der Waals surface area (Å²) >= 11 is 0. The van der Waals surface area contributed by atoms with Gasteiger partial charge in [0.25, 0.3) is 0 Å². The maximum Gasteiger partial charge on any atom is 0 e. The van der Waals surface area contributed by atoms with Crippen molar-refractivity contribution < 1.29 is 7.31 Å². The molecule has 0 bridgehead atoms. The average Bonchev–Trinajstić information content (AvgIpc) is 0.592. The van der Waals surface area contributed by atoms with Gasteiger partial charge in [0.1, 0.15) is 0 Å². The molecule has 0 rings (SSSR count). The largest absolute Gasteiger partial charge is 0 e. The van der Waals surface area contributed by atoms with E-state index in [1.807, 2.05) is 0 Å². The van der Waals surface area contributed by atoms with Crippen molar-refractivity contribution in [3.63, 3.8) is 0 Å². The van der Waals surface area contributed by atoms with Gasteiger partial charge in [-0.2, -0.15) is 0 Å². The molecule has 0 aliphatic rings.